The second-order valence-corrected chi connectivity index (χ2v) is 7.80. The van der Waals surface area contributed by atoms with Gasteiger partial charge in [-0.2, -0.15) is 10.4 Å². The summed E-state index contributed by atoms with van der Waals surface area (Å²) in [6.45, 7) is 4.32. The molecule has 0 saturated heterocycles. The summed E-state index contributed by atoms with van der Waals surface area (Å²) < 4.78 is 1.76. The van der Waals surface area contributed by atoms with Crippen LogP contribution in [0.4, 0.5) is 5.82 Å². The van der Waals surface area contributed by atoms with Gasteiger partial charge in [0.25, 0.3) is 0 Å². The first-order valence-electron chi connectivity index (χ1n) is 9.84. The highest BCUT2D eigenvalue weighted by molar-refractivity contribution is 6.32. The Hall–Kier alpha value is -3.75. The number of nitrogens with zero attached hydrogens (tertiary/aromatic N) is 3. The Morgan fingerprint density at radius 1 is 1.03 bits per heavy atom. The van der Waals surface area contributed by atoms with Crippen LogP contribution >= 0.6 is 11.6 Å². The van der Waals surface area contributed by atoms with Gasteiger partial charge in [0.15, 0.2) is 0 Å². The number of nitriles is 1. The molecule has 4 rings (SSSR count). The van der Waals surface area contributed by atoms with Crippen LogP contribution < -0.4 is 5.32 Å². The Bertz CT molecular complexity index is 1300. The van der Waals surface area contributed by atoms with E-state index in [1.165, 1.54) is 5.56 Å². The fourth-order valence-electron chi connectivity index (χ4n) is 3.50. The lowest BCUT2D eigenvalue weighted by molar-refractivity contribution is 0.475. The monoisotopic (exact) mass is 428 g/mol. The lowest BCUT2D eigenvalue weighted by Crippen LogP contribution is -2.07. The molecule has 0 bridgehead atoms. The number of benzene rings is 3. The van der Waals surface area contributed by atoms with E-state index >= 15 is 0 Å². The zero-order valence-electron chi connectivity index (χ0n) is 17.2. The lowest BCUT2D eigenvalue weighted by Gasteiger charge is -2.12. The fourth-order valence-corrected chi connectivity index (χ4v) is 3.70. The van der Waals surface area contributed by atoms with E-state index < -0.39 is 0 Å². The third-order valence-electron chi connectivity index (χ3n) is 5.09. The van der Waals surface area contributed by atoms with Gasteiger partial charge in [-0.25, -0.2) is 4.68 Å². The van der Waals surface area contributed by atoms with Gasteiger partial charge in [-0.1, -0.05) is 59.6 Å². The molecule has 0 aliphatic carbocycles. The van der Waals surface area contributed by atoms with Crippen LogP contribution in [0.25, 0.3) is 16.8 Å². The molecule has 0 saturated carbocycles. The molecule has 0 spiro atoms. The van der Waals surface area contributed by atoms with Gasteiger partial charge in [-0.3, -0.25) is 0 Å². The first-order chi connectivity index (χ1) is 15.0. The van der Waals surface area contributed by atoms with Gasteiger partial charge in [0.05, 0.1) is 16.4 Å². The molecule has 0 amide bonds. The number of aromatic nitrogens is 2. The van der Waals surface area contributed by atoms with E-state index in [0.717, 1.165) is 22.4 Å². The van der Waals surface area contributed by atoms with Crippen molar-refractivity contribution < 1.29 is 5.11 Å². The predicted molar refractivity (Wildman–Crippen MR) is 124 cm³/mol. The van der Waals surface area contributed by atoms with Crippen molar-refractivity contribution in [3.05, 3.63) is 94.1 Å². The summed E-state index contributed by atoms with van der Waals surface area (Å²) >= 11 is 6.02. The van der Waals surface area contributed by atoms with E-state index in [2.05, 4.69) is 53.7 Å². The molecule has 2 N–H and O–H groups in total. The highest BCUT2D eigenvalue weighted by Gasteiger charge is 2.17. The second-order valence-electron chi connectivity index (χ2n) is 7.39. The minimum atomic E-state index is 0.0389. The van der Waals surface area contributed by atoms with Crippen molar-refractivity contribution >= 4 is 17.4 Å². The SMILES string of the molecule is Cc1cccc(-c2cccc(-n3nc(C)c(C#N)c3NCc3ccc(O)c(Cl)c3)c2)c1. The molecule has 0 aliphatic rings. The van der Waals surface area contributed by atoms with Gasteiger partial charge < -0.3 is 10.4 Å². The smallest absolute Gasteiger partial charge is 0.148 e. The fraction of sp³-hybridized carbons (Fsp3) is 0.120. The molecule has 0 unspecified atom stereocenters. The van der Waals surface area contributed by atoms with Gasteiger partial charge in [0, 0.05) is 6.54 Å². The maximum Gasteiger partial charge on any atom is 0.148 e. The van der Waals surface area contributed by atoms with E-state index in [9.17, 15) is 10.4 Å². The average Bonchev–Trinajstić information content (AvgIpc) is 3.10. The summed E-state index contributed by atoms with van der Waals surface area (Å²) in [5.74, 6) is 0.655. The molecular formula is C25H21ClN4O. The quantitative estimate of drug-likeness (QED) is 0.409. The van der Waals surface area contributed by atoms with E-state index in [-0.39, 0.29) is 10.8 Å². The third-order valence-corrected chi connectivity index (χ3v) is 5.39. The zero-order valence-corrected chi connectivity index (χ0v) is 18.0. The molecule has 6 heteroatoms. The zero-order chi connectivity index (χ0) is 22.0. The van der Waals surface area contributed by atoms with Crippen LogP contribution in [0, 0.1) is 25.2 Å². The van der Waals surface area contributed by atoms with Crippen molar-refractivity contribution in [1.29, 1.82) is 5.26 Å². The molecule has 1 aromatic heterocycles. The molecule has 0 aliphatic heterocycles. The van der Waals surface area contributed by atoms with Crippen LogP contribution in [0.15, 0.2) is 66.7 Å². The van der Waals surface area contributed by atoms with Crippen LogP contribution in [0.5, 0.6) is 5.75 Å². The summed E-state index contributed by atoms with van der Waals surface area (Å²) in [5.41, 5.74) is 6.27. The number of hydrogen-bond acceptors (Lipinski definition) is 4. The number of halogens is 1. The van der Waals surface area contributed by atoms with Crippen LogP contribution in [0.1, 0.15) is 22.4 Å². The number of phenols is 1. The van der Waals surface area contributed by atoms with Crippen LogP contribution in [0.3, 0.4) is 0 Å². The number of rotatable bonds is 5. The Balaban J connectivity index is 1.71. The van der Waals surface area contributed by atoms with E-state index in [1.54, 1.807) is 22.9 Å². The van der Waals surface area contributed by atoms with Gasteiger partial charge in [-0.15, -0.1) is 0 Å². The summed E-state index contributed by atoms with van der Waals surface area (Å²) in [5, 5.41) is 27.6. The molecule has 3 aromatic carbocycles. The van der Waals surface area contributed by atoms with Gasteiger partial charge in [0.2, 0.25) is 0 Å². The minimum Gasteiger partial charge on any atom is -0.506 e. The molecule has 0 atom stereocenters. The highest BCUT2D eigenvalue weighted by atomic mass is 35.5. The van der Waals surface area contributed by atoms with E-state index in [4.69, 9.17) is 11.6 Å². The number of aromatic hydroxyl groups is 1. The number of hydrogen-bond donors (Lipinski definition) is 2. The molecule has 31 heavy (non-hydrogen) atoms. The first kappa shape index (κ1) is 20.5. The largest absolute Gasteiger partial charge is 0.506 e. The number of nitrogens with one attached hydrogen (secondary N) is 1. The summed E-state index contributed by atoms with van der Waals surface area (Å²) in [6.07, 6.45) is 0. The van der Waals surface area contributed by atoms with Crippen LogP contribution in [-0.2, 0) is 6.54 Å². The van der Waals surface area contributed by atoms with Gasteiger partial charge >= 0.3 is 0 Å². The number of anilines is 1. The topological polar surface area (TPSA) is 73.9 Å². The maximum atomic E-state index is 9.70. The summed E-state index contributed by atoms with van der Waals surface area (Å²) in [7, 11) is 0. The lowest BCUT2D eigenvalue weighted by atomic mass is 10.0. The predicted octanol–water partition coefficient (Wildman–Crippen LogP) is 6.00. The molecule has 1 heterocycles. The van der Waals surface area contributed by atoms with Crippen molar-refractivity contribution in [1.82, 2.24) is 9.78 Å². The summed E-state index contributed by atoms with van der Waals surface area (Å²) in [6, 6.07) is 23.7. The van der Waals surface area contributed by atoms with Gasteiger partial charge in [-0.05, 0) is 54.8 Å². The Kier molecular flexibility index (Phi) is 5.66. The minimum absolute atomic E-state index is 0.0389. The molecule has 4 aromatic rings. The molecule has 0 fully saturated rings. The number of aryl methyl sites for hydroxylation is 2. The van der Waals surface area contributed by atoms with Crippen molar-refractivity contribution in [2.75, 3.05) is 5.32 Å². The van der Waals surface area contributed by atoms with E-state index in [0.29, 0.717) is 23.6 Å². The Morgan fingerprint density at radius 2 is 1.77 bits per heavy atom. The van der Waals surface area contributed by atoms with Crippen molar-refractivity contribution in [3.63, 3.8) is 0 Å². The highest BCUT2D eigenvalue weighted by Crippen LogP contribution is 2.28. The first-order valence-corrected chi connectivity index (χ1v) is 10.2. The van der Waals surface area contributed by atoms with Crippen molar-refractivity contribution in [2.45, 2.75) is 20.4 Å². The molecule has 0 radical (unpaired) electrons. The molecular weight excluding hydrogens is 408 g/mol. The van der Waals surface area contributed by atoms with Crippen LogP contribution in [0.2, 0.25) is 5.02 Å². The molecule has 154 valence electrons. The van der Waals surface area contributed by atoms with Crippen molar-refractivity contribution in [3.8, 4) is 28.6 Å². The third kappa shape index (κ3) is 4.25. The van der Waals surface area contributed by atoms with Crippen molar-refractivity contribution in [2.24, 2.45) is 0 Å². The normalized spacial score (nSPS) is 10.6. The second kappa shape index (κ2) is 8.55. The average molecular weight is 429 g/mol. The Labute approximate surface area is 186 Å². The van der Waals surface area contributed by atoms with Gasteiger partial charge in [0.1, 0.15) is 23.2 Å². The number of phenolic OH excluding ortho intramolecular Hbond substituents is 1. The van der Waals surface area contributed by atoms with E-state index in [1.807, 2.05) is 25.1 Å². The Morgan fingerprint density at radius 3 is 2.48 bits per heavy atom. The molecule has 5 nitrogen and oxygen atoms in total. The summed E-state index contributed by atoms with van der Waals surface area (Å²) in [4.78, 5) is 0. The maximum absolute atomic E-state index is 9.70. The standard InChI is InChI=1S/C25H21ClN4O/c1-16-5-3-6-19(11-16)20-7-4-8-21(13-20)30-25(22(14-27)17(2)29-30)28-15-18-9-10-24(31)23(26)12-18/h3-13,28,31H,15H2,1-2H3. The van der Waals surface area contributed by atoms with Crippen LogP contribution in [-0.4, -0.2) is 14.9 Å².